The standard InChI is InChI=1S/C17H19NO6/c1-11(13-5-4-8-23-13)18-16(19)10-24-14-7-6-12(17(20)22-3)9-15(14)21-2/h4-9,11H,10H2,1-3H3,(H,18,19). The van der Waals surface area contributed by atoms with Gasteiger partial charge in [0.05, 0.1) is 32.1 Å². The normalized spacial score (nSPS) is 11.5. The molecule has 7 nitrogen and oxygen atoms in total. The van der Waals surface area contributed by atoms with Gasteiger partial charge in [0.15, 0.2) is 18.1 Å². The van der Waals surface area contributed by atoms with Crippen molar-refractivity contribution in [3.05, 3.63) is 47.9 Å². The van der Waals surface area contributed by atoms with Crippen LogP contribution in [0.25, 0.3) is 0 Å². The molecule has 1 heterocycles. The minimum Gasteiger partial charge on any atom is -0.493 e. The van der Waals surface area contributed by atoms with Crippen molar-refractivity contribution >= 4 is 11.9 Å². The molecular weight excluding hydrogens is 314 g/mol. The fourth-order valence-corrected chi connectivity index (χ4v) is 2.07. The second kappa shape index (κ2) is 8.05. The van der Waals surface area contributed by atoms with Gasteiger partial charge in [-0.25, -0.2) is 4.79 Å². The average Bonchev–Trinajstić information content (AvgIpc) is 3.13. The Morgan fingerprint density at radius 2 is 2.00 bits per heavy atom. The molecule has 0 radical (unpaired) electrons. The van der Waals surface area contributed by atoms with E-state index in [0.717, 1.165) is 0 Å². The van der Waals surface area contributed by atoms with Crippen LogP contribution in [-0.4, -0.2) is 32.7 Å². The Balaban J connectivity index is 1.95. The molecule has 0 spiro atoms. The molecule has 1 unspecified atom stereocenters. The monoisotopic (exact) mass is 333 g/mol. The third-order valence-corrected chi connectivity index (χ3v) is 3.29. The lowest BCUT2D eigenvalue weighted by atomic mass is 10.2. The predicted octanol–water partition coefficient (Wildman–Crippen LogP) is 2.33. The molecule has 2 rings (SSSR count). The van der Waals surface area contributed by atoms with Crippen LogP contribution < -0.4 is 14.8 Å². The quantitative estimate of drug-likeness (QED) is 0.783. The number of carbonyl (C=O) groups is 2. The van der Waals surface area contributed by atoms with E-state index >= 15 is 0 Å². The van der Waals surface area contributed by atoms with Crippen LogP contribution in [0.4, 0.5) is 0 Å². The van der Waals surface area contributed by atoms with Gasteiger partial charge in [-0.1, -0.05) is 0 Å². The summed E-state index contributed by atoms with van der Waals surface area (Å²) in [5.74, 6) is 0.557. The van der Waals surface area contributed by atoms with Crippen LogP contribution in [0.5, 0.6) is 11.5 Å². The first kappa shape index (κ1) is 17.4. The molecule has 0 saturated heterocycles. The smallest absolute Gasteiger partial charge is 0.337 e. The van der Waals surface area contributed by atoms with Gasteiger partial charge in [0.2, 0.25) is 0 Å². The van der Waals surface area contributed by atoms with E-state index in [4.69, 9.17) is 13.9 Å². The van der Waals surface area contributed by atoms with Crippen molar-refractivity contribution in [2.45, 2.75) is 13.0 Å². The Kier molecular flexibility index (Phi) is 5.83. The van der Waals surface area contributed by atoms with Gasteiger partial charge in [0, 0.05) is 0 Å². The molecule has 0 fully saturated rings. The van der Waals surface area contributed by atoms with Gasteiger partial charge < -0.3 is 23.9 Å². The molecule has 1 amide bonds. The molecule has 2 aromatic rings. The van der Waals surface area contributed by atoms with Crippen LogP contribution >= 0.6 is 0 Å². The van der Waals surface area contributed by atoms with Crippen molar-refractivity contribution in [3.8, 4) is 11.5 Å². The Morgan fingerprint density at radius 3 is 2.62 bits per heavy atom. The molecule has 24 heavy (non-hydrogen) atoms. The van der Waals surface area contributed by atoms with E-state index in [9.17, 15) is 9.59 Å². The zero-order valence-corrected chi connectivity index (χ0v) is 13.7. The minimum absolute atomic E-state index is 0.195. The van der Waals surface area contributed by atoms with Crippen molar-refractivity contribution in [2.75, 3.05) is 20.8 Å². The molecule has 1 aromatic carbocycles. The molecule has 7 heteroatoms. The van der Waals surface area contributed by atoms with Crippen LogP contribution in [0.15, 0.2) is 41.0 Å². The highest BCUT2D eigenvalue weighted by Gasteiger charge is 2.15. The second-order valence-corrected chi connectivity index (χ2v) is 4.95. The molecule has 0 saturated carbocycles. The number of nitrogens with one attached hydrogen (secondary N) is 1. The summed E-state index contributed by atoms with van der Waals surface area (Å²) >= 11 is 0. The summed E-state index contributed by atoms with van der Waals surface area (Å²) < 4.78 is 20.5. The maximum absolute atomic E-state index is 12.0. The molecule has 1 aromatic heterocycles. The van der Waals surface area contributed by atoms with Gasteiger partial charge in [-0.05, 0) is 37.3 Å². The number of hydrogen-bond acceptors (Lipinski definition) is 6. The highest BCUT2D eigenvalue weighted by atomic mass is 16.5. The van der Waals surface area contributed by atoms with Gasteiger partial charge in [-0.2, -0.15) is 0 Å². The zero-order valence-electron chi connectivity index (χ0n) is 13.7. The van der Waals surface area contributed by atoms with Gasteiger partial charge in [0.1, 0.15) is 5.76 Å². The van der Waals surface area contributed by atoms with Crippen molar-refractivity contribution in [3.63, 3.8) is 0 Å². The molecule has 1 atom stereocenters. The molecular formula is C17H19NO6. The van der Waals surface area contributed by atoms with Crippen LogP contribution in [-0.2, 0) is 9.53 Å². The first-order valence-corrected chi connectivity index (χ1v) is 7.27. The van der Waals surface area contributed by atoms with Gasteiger partial charge >= 0.3 is 5.97 Å². The van der Waals surface area contributed by atoms with E-state index in [2.05, 4.69) is 10.1 Å². The van der Waals surface area contributed by atoms with E-state index in [-0.39, 0.29) is 18.6 Å². The van der Waals surface area contributed by atoms with Crippen LogP contribution in [0.1, 0.15) is 29.1 Å². The summed E-state index contributed by atoms with van der Waals surface area (Å²) in [5, 5.41) is 2.76. The van der Waals surface area contributed by atoms with Crippen molar-refractivity contribution < 1.29 is 28.2 Å². The fraction of sp³-hybridized carbons (Fsp3) is 0.294. The lowest BCUT2D eigenvalue weighted by molar-refractivity contribution is -0.123. The maximum atomic E-state index is 12.0. The third kappa shape index (κ3) is 4.28. The summed E-state index contributed by atoms with van der Waals surface area (Å²) in [6.07, 6.45) is 1.54. The first-order chi connectivity index (χ1) is 11.5. The number of esters is 1. The second-order valence-electron chi connectivity index (χ2n) is 4.95. The Bertz CT molecular complexity index is 695. The molecule has 0 bridgehead atoms. The molecule has 0 aliphatic carbocycles. The predicted molar refractivity (Wildman–Crippen MR) is 85.1 cm³/mol. The first-order valence-electron chi connectivity index (χ1n) is 7.27. The van der Waals surface area contributed by atoms with E-state index in [1.807, 2.05) is 6.92 Å². The van der Waals surface area contributed by atoms with E-state index in [1.165, 1.54) is 26.4 Å². The van der Waals surface area contributed by atoms with Gasteiger partial charge in [-0.3, -0.25) is 4.79 Å². The molecule has 128 valence electrons. The van der Waals surface area contributed by atoms with E-state index in [1.54, 1.807) is 24.5 Å². The lowest BCUT2D eigenvalue weighted by Gasteiger charge is -2.14. The average molecular weight is 333 g/mol. The number of hydrogen-bond donors (Lipinski definition) is 1. The largest absolute Gasteiger partial charge is 0.493 e. The summed E-state index contributed by atoms with van der Waals surface area (Å²) in [4.78, 5) is 23.5. The molecule has 0 aliphatic rings. The number of methoxy groups -OCH3 is 2. The number of rotatable bonds is 7. The summed E-state index contributed by atoms with van der Waals surface area (Å²) in [6, 6.07) is 7.84. The van der Waals surface area contributed by atoms with Crippen molar-refractivity contribution in [1.29, 1.82) is 0 Å². The Labute approximate surface area is 139 Å². The number of amides is 1. The SMILES string of the molecule is COC(=O)c1ccc(OCC(=O)NC(C)c2ccco2)c(OC)c1. The van der Waals surface area contributed by atoms with E-state index < -0.39 is 5.97 Å². The minimum atomic E-state index is -0.482. The van der Waals surface area contributed by atoms with Gasteiger partial charge in [0.25, 0.3) is 5.91 Å². The maximum Gasteiger partial charge on any atom is 0.337 e. The topological polar surface area (TPSA) is 87.0 Å². The van der Waals surface area contributed by atoms with Crippen LogP contribution in [0.3, 0.4) is 0 Å². The van der Waals surface area contributed by atoms with E-state index in [0.29, 0.717) is 22.8 Å². The van der Waals surface area contributed by atoms with Gasteiger partial charge in [-0.15, -0.1) is 0 Å². The summed E-state index contributed by atoms with van der Waals surface area (Å²) in [6.45, 7) is 1.61. The number of benzene rings is 1. The van der Waals surface area contributed by atoms with Crippen LogP contribution in [0.2, 0.25) is 0 Å². The lowest BCUT2D eigenvalue weighted by Crippen LogP contribution is -2.31. The fourth-order valence-electron chi connectivity index (χ4n) is 2.07. The summed E-state index contributed by atoms with van der Waals surface area (Å²) in [7, 11) is 2.74. The Hall–Kier alpha value is -2.96. The van der Waals surface area contributed by atoms with Crippen molar-refractivity contribution in [1.82, 2.24) is 5.32 Å². The molecule has 0 aliphatic heterocycles. The summed E-state index contributed by atoms with van der Waals surface area (Å²) in [5.41, 5.74) is 0.331. The van der Waals surface area contributed by atoms with Crippen LogP contribution in [0, 0.1) is 0 Å². The highest BCUT2D eigenvalue weighted by Crippen LogP contribution is 2.28. The zero-order chi connectivity index (χ0) is 17.5. The third-order valence-electron chi connectivity index (χ3n) is 3.29. The Morgan fingerprint density at radius 1 is 1.21 bits per heavy atom. The highest BCUT2D eigenvalue weighted by molar-refractivity contribution is 5.90. The number of furan rings is 1. The molecule has 1 N–H and O–H groups in total. The number of carbonyl (C=O) groups excluding carboxylic acids is 2. The number of ether oxygens (including phenoxy) is 3. The van der Waals surface area contributed by atoms with Crippen molar-refractivity contribution in [2.24, 2.45) is 0 Å².